The van der Waals surface area contributed by atoms with Crippen molar-refractivity contribution in [3.63, 3.8) is 0 Å². The second-order valence-electron chi connectivity index (χ2n) is 5.26. The molecule has 1 aromatic rings. The third-order valence-electron chi connectivity index (χ3n) is 4.02. The van der Waals surface area contributed by atoms with Gasteiger partial charge in [-0.05, 0) is 37.0 Å². The summed E-state index contributed by atoms with van der Waals surface area (Å²) in [7, 11) is 0. The quantitative estimate of drug-likeness (QED) is 0.823. The topological polar surface area (TPSA) is 38.0 Å². The molecule has 3 N–H and O–H groups in total. The minimum absolute atomic E-state index is 0.242. The second kappa shape index (κ2) is 6.33. The minimum atomic E-state index is -0.302. The first-order valence-electron chi connectivity index (χ1n) is 6.97. The fraction of sp³-hybridized carbons (Fsp3) is 0.533. The van der Waals surface area contributed by atoms with E-state index in [2.05, 4.69) is 12.2 Å². The van der Waals surface area contributed by atoms with Gasteiger partial charge < -0.3 is 11.1 Å². The summed E-state index contributed by atoms with van der Waals surface area (Å²) in [6.45, 7) is 2.23. The van der Waals surface area contributed by atoms with Crippen molar-refractivity contribution >= 4 is 22.9 Å². The fourth-order valence-corrected chi connectivity index (χ4v) is 3.10. The van der Waals surface area contributed by atoms with E-state index >= 15 is 0 Å². The maximum atomic E-state index is 13.3. The minimum Gasteiger partial charge on any atom is -0.389 e. The summed E-state index contributed by atoms with van der Waals surface area (Å²) in [5, 5.41) is 3.52. The number of hydrogen-bond donors (Lipinski definition) is 2. The summed E-state index contributed by atoms with van der Waals surface area (Å²) >= 11 is 5.01. The van der Waals surface area contributed by atoms with Gasteiger partial charge in [0.15, 0.2) is 0 Å². The summed E-state index contributed by atoms with van der Waals surface area (Å²) in [5.74, 6) is 0.377. The predicted octanol–water partition coefficient (Wildman–Crippen LogP) is 3.84. The fourth-order valence-electron chi connectivity index (χ4n) is 2.93. The molecule has 0 amide bonds. The highest BCUT2D eigenvalue weighted by Crippen LogP contribution is 2.30. The van der Waals surface area contributed by atoms with Crippen LogP contribution in [0, 0.1) is 11.7 Å². The lowest BCUT2D eigenvalue weighted by molar-refractivity contribution is 0.317. The second-order valence-corrected chi connectivity index (χ2v) is 5.70. The van der Waals surface area contributed by atoms with Gasteiger partial charge in [-0.3, -0.25) is 0 Å². The number of anilines is 1. The number of benzene rings is 1. The Bertz CT molecular complexity index is 461. The van der Waals surface area contributed by atoms with Crippen molar-refractivity contribution in [1.29, 1.82) is 0 Å². The van der Waals surface area contributed by atoms with E-state index in [4.69, 9.17) is 18.0 Å². The molecule has 0 spiro atoms. The van der Waals surface area contributed by atoms with Crippen LogP contribution >= 0.6 is 12.2 Å². The molecule has 1 fully saturated rings. The largest absolute Gasteiger partial charge is 0.389 e. The maximum absolute atomic E-state index is 13.3. The molecule has 0 aromatic heterocycles. The predicted molar refractivity (Wildman–Crippen MR) is 81.9 cm³/mol. The van der Waals surface area contributed by atoms with Crippen molar-refractivity contribution in [3.05, 3.63) is 29.6 Å². The first-order valence-corrected chi connectivity index (χ1v) is 7.38. The summed E-state index contributed by atoms with van der Waals surface area (Å²) in [6.07, 6.45) is 6.14. The van der Waals surface area contributed by atoms with Crippen molar-refractivity contribution in [2.45, 2.75) is 45.1 Å². The third kappa shape index (κ3) is 3.44. The van der Waals surface area contributed by atoms with Gasteiger partial charge in [0.25, 0.3) is 0 Å². The molecule has 0 saturated heterocycles. The van der Waals surface area contributed by atoms with E-state index in [1.165, 1.54) is 37.8 Å². The zero-order chi connectivity index (χ0) is 13.8. The van der Waals surface area contributed by atoms with E-state index in [-0.39, 0.29) is 10.8 Å². The lowest BCUT2D eigenvalue weighted by Crippen LogP contribution is -2.32. The highest BCUT2D eigenvalue weighted by atomic mass is 32.1. The molecule has 1 saturated carbocycles. The SMILES string of the molecule is CCC1CCCCC1Nc1ccc(F)cc1C(N)=S. The number of nitrogens with one attached hydrogen (secondary N) is 1. The van der Waals surface area contributed by atoms with Crippen LogP contribution in [0.4, 0.5) is 10.1 Å². The molecular formula is C15H21FN2S. The van der Waals surface area contributed by atoms with Crippen molar-refractivity contribution in [2.24, 2.45) is 11.7 Å². The number of halogens is 1. The molecule has 0 bridgehead atoms. The Morgan fingerprint density at radius 1 is 1.42 bits per heavy atom. The standard InChI is InChI=1S/C15H21FN2S/c1-2-10-5-3-4-6-13(10)18-14-8-7-11(16)9-12(14)15(17)19/h7-10,13,18H,2-6H2,1H3,(H2,17,19). The molecule has 1 aliphatic carbocycles. The van der Waals surface area contributed by atoms with Gasteiger partial charge in [-0.25, -0.2) is 4.39 Å². The smallest absolute Gasteiger partial charge is 0.124 e. The van der Waals surface area contributed by atoms with E-state index in [0.717, 1.165) is 12.1 Å². The Morgan fingerprint density at radius 3 is 2.84 bits per heavy atom. The molecule has 2 unspecified atom stereocenters. The monoisotopic (exact) mass is 280 g/mol. The number of hydrogen-bond acceptors (Lipinski definition) is 2. The van der Waals surface area contributed by atoms with Gasteiger partial charge in [-0.2, -0.15) is 0 Å². The van der Waals surface area contributed by atoms with Crippen LogP contribution in [0.15, 0.2) is 18.2 Å². The average molecular weight is 280 g/mol. The lowest BCUT2D eigenvalue weighted by Gasteiger charge is -2.32. The Kier molecular flexibility index (Phi) is 4.75. The lowest BCUT2D eigenvalue weighted by atomic mass is 9.82. The highest BCUT2D eigenvalue weighted by Gasteiger charge is 2.24. The maximum Gasteiger partial charge on any atom is 0.124 e. The van der Waals surface area contributed by atoms with Crippen LogP contribution in [0.25, 0.3) is 0 Å². The van der Waals surface area contributed by atoms with Crippen LogP contribution in [0.3, 0.4) is 0 Å². The molecule has 2 rings (SSSR count). The van der Waals surface area contributed by atoms with Gasteiger partial charge in [-0.1, -0.05) is 38.4 Å². The van der Waals surface area contributed by atoms with Crippen LogP contribution in [-0.4, -0.2) is 11.0 Å². The summed E-state index contributed by atoms with van der Waals surface area (Å²) < 4.78 is 13.3. The van der Waals surface area contributed by atoms with Gasteiger partial charge in [0.1, 0.15) is 10.8 Å². The highest BCUT2D eigenvalue weighted by molar-refractivity contribution is 7.80. The average Bonchev–Trinajstić information content (AvgIpc) is 2.41. The van der Waals surface area contributed by atoms with Crippen LogP contribution in [0.1, 0.15) is 44.6 Å². The third-order valence-corrected chi connectivity index (χ3v) is 4.24. The first kappa shape index (κ1) is 14.3. The summed E-state index contributed by atoms with van der Waals surface area (Å²) in [4.78, 5) is 0.242. The number of nitrogens with two attached hydrogens (primary N) is 1. The van der Waals surface area contributed by atoms with Crippen molar-refractivity contribution in [1.82, 2.24) is 0 Å². The van der Waals surface area contributed by atoms with E-state index in [0.29, 0.717) is 17.5 Å². The first-order chi connectivity index (χ1) is 9.11. The molecule has 1 aliphatic rings. The van der Waals surface area contributed by atoms with E-state index in [9.17, 15) is 4.39 Å². The van der Waals surface area contributed by atoms with Crippen LogP contribution < -0.4 is 11.1 Å². The molecular weight excluding hydrogens is 259 g/mol. The van der Waals surface area contributed by atoms with Gasteiger partial charge in [0.2, 0.25) is 0 Å². The molecule has 104 valence electrons. The summed E-state index contributed by atoms with van der Waals surface area (Å²) in [6, 6.07) is 5.05. The Balaban J connectivity index is 2.20. The van der Waals surface area contributed by atoms with Crippen molar-refractivity contribution in [2.75, 3.05) is 5.32 Å². The summed E-state index contributed by atoms with van der Waals surface area (Å²) in [5.41, 5.74) is 7.15. The van der Waals surface area contributed by atoms with Crippen molar-refractivity contribution in [3.8, 4) is 0 Å². The zero-order valence-corrected chi connectivity index (χ0v) is 12.1. The van der Waals surface area contributed by atoms with Crippen LogP contribution in [0.5, 0.6) is 0 Å². The van der Waals surface area contributed by atoms with Gasteiger partial charge in [0.05, 0.1) is 0 Å². The van der Waals surface area contributed by atoms with Crippen LogP contribution in [0.2, 0.25) is 0 Å². The van der Waals surface area contributed by atoms with Crippen LogP contribution in [-0.2, 0) is 0 Å². The van der Waals surface area contributed by atoms with E-state index in [1.54, 1.807) is 6.07 Å². The van der Waals surface area contributed by atoms with Crippen molar-refractivity contribution < 1.29 is 4.39 Å². The molecule has 1 aromatic carbocycles. The molecule has 0 heterocycles. The number of rotatable bonds is 4. The Hall–Kier alpha value is -1.16. The van der Waals surface area contributed by atoms with Gasteiger partial charge in [-0.15, -0.1) is 0 Å². The Labute approximate surface area is 119 Å². The molecule has 0 aliphatic heterocycles. The molecule has 2 nitrogen and oxygen atoms in total. The molecule has 0 radical (unpaired) electrons. The number of thiocarbonyl (C=S) groups is 1. The molecule has 19 heavy (non-hydrogen) atoms. The van der Waals surface area contributed by atoms with E-state index in [1.807, 2.05) is 0 Å². The van der Waals surface area contributed by atoms with Gasteiger partial charge in [0, 0.05) is 17.3 Å². The zero-order valence-electron chi connectivity index (χ0n) is 11.3. The van der Waals surface area contributed by atoms with E-state index < -0.39 is 0 Å². The Morgan fingerprint density at radius 2 is 2.16 bits per heavy atom. The normalized spacial score (nSPS) is 23.1. The van der Waals surface area contributed by atoms with Gasteiger partial charge >= 0.3 is 0 Å². The molecule has 2 atom stereocenters. The molecule has 4 heteroatoms.